The van der Waals surface area contributed by atoms with Crippen molar-refractivity contribution in [3.8, 4) is 0 Å². The number of carbonyl (C=O) groups is 2. The molecule has 0 unspecified atom stereocenters. The molecular weight excluding hydrogens is 254 g/mol. The first-order chi connectivity index (χ1) is 9.40. The molecule has 1 amide bonds. The first-order valence-corrected chi connectivity index (χ1v) is 6.71. The number of amides is 1. The molecule has 4 nitrogen and oxygen atoms in total. The molecule has 4 heteroatoms. The van der Waals surface area contributed by atoms with Gasteiger partial charge < -0.3 is 10.4 Å². The molecule has 1 aliphatic rings. The highest BCUT2D eigenvalue weighted by molar-refractivity contribution is 5.95. The topological polar surface area (TPSA) is 66.4 Å². The van der Waals surface area contributed by atoms with Gasteiger partial charge in [-0.05, 0) is 49.9 Å². The molecule has 1 aliphatic carbocycles. The number of aryl methyl sites for hydroxylation is 1. The van der Waals surface area contributed by atoms with Crippen LogP contribution in [0.4, 0.5) is 0 Å². The Morgan fingerprint density at radius 2 is 2.10 bits per heavy atom. The number of hydrogen-bond acceptors (Lipinski definition) is 2. The minimum absolute atomic E-state index is 0.109. The van der Waals surface area contributed by atoms with Gasteiger partial charge in [0, 0.05) is 12.1 Å². The number of rotatable bonds is 4. The second-order valence-electron chi connectivity index (χ2n) is 5.73. The van der Waals surface area contributed by atoms with Gasteiger partial charge in [-0.3, -0.25) is 9.59 Å². The highest BCUT2D eigenvalue weighted by atomic mass is 16.4. The fourth-order valence-electron chi connectivity index (χ4n) is 2.05. The number of carboxylic acid groups (broad SMARTS) is 1. The van der Waals surface area contributed by atoms with Crippen molar-refractivity contribution < 1.29 is 14.7 Å². The Bertz CT molecular complexity index is 573. The third-order valence-electron chi connectivity index (χ3n) is 3.55. The van der Waals surface area contributed by atoms with E-state index in [-0.39, 0.29) is 12.5 Å². The van der Waals surface area contributed by atoms with Gasteiger partial charge in [0.15, 0.2) is 0 Å². The predicted molar refractivity (Wildman–Crippen MR) is 77.5 cm³/mol. The minimum atomic E-state index is -0.966. The quantitative estimate of drug-likeness (QED) is 0.885. The molecule has 1 aromatic carbocycles. The van der Waals surface area contributed by atoms with Crippen LogP contribution in [0.15, 0.2) is 24.3 Å². The van der Waals surface area contributed by atoms with E-state index in [4.69, 9.17) is 5.11 Å². The molecule has 1 aromatic rings. The van der Waals surface area contributed by atoms with E-state index in [2.05, 4.69) is 17.5 Å². The van der Waals surface area contributed by atoms with Crippen LogP contribution in [0.3, 0.4) is 0 Å². The van der Waals surface area contributed by atoms with E-state index in [1.807, 2.05) is 12.1 Å². The fraction of sp³-hybridized carbons (Fsp3) is 0.375. The zero-order chi connectivity index (χ0) is 14.8. The van der Waals surface area contributed by atoms with Crippen LogP contribution >= 0.6 is 0 Å². The zero-order valence-corrected chi connectivity index (χ0v) is 11.8. The number of nitrogens with one attached hydrogen (secondary N) is 1. The average Bonchev–Trinajstić information content (AvgIpc) is 2.44. The highest BCUT2D eigenvalue weighted by Crippen LogP contribution is 2.20. The minimum Gasteiger partial charge on any atom is -0.481 e. The van der Waals surface area contributed by atoms with Crippen molar-refractivity contribution in [1.82, 2.24) is 5.32 Å². The van der Waals surface area contributed by atoms with Gasteiger partial charge in [0.1, 0.15) is 0 Å². The van der Waals surface area contributed by atoms with Crippen LogP contribution in [0, 0.1) is 5.41 Å². The van der Waals surface area contributed by atoms with Gasteiger partial charge in [0.25, 0.3) is 5.91 Å². The van der Waals surface area contributed by atoms with Crippen LogP contribution in [0.25, 0.3) is 6.08 Å². The van der Waals surface area contributed by atoms with Crippen LogP contribution in [0.5, 0.6) is 0 Å². The molecule has 0 heterocycles. The lowest BCUT2D eigenvalue weighted by Gasteiger charge is -2.19. The molecule has 2 rings (SSSR count). The van der Waals surface area contributed by atoms with Crippen molar-refractivity contribution in [2.75, 3.05) is 6.54 Å². The Morgan fingerprint density at radius 3 is 2.80 bits per heavy atom. The Hall–Kier alpha value is -2.10. The van der Waals surface area contributed by atoms with Crippen LogP contribution in [-0.2, 0) is 11.2 Å². The molecule has 2 N–H and O–H groups in total. The van der Waals surface area contributed by atoms with E-state index in [0.29, 0.717) is 5.56 Å². The average molecular weight is 273 g/mol. The number of hydrogen-bond donors (Lipinski definition) is 2. The normalized spacial score (nSPS) is 13.7. The third-order valence-corrected chi connectivity index (χ3v) is 3.55. The van der Waals surface area contributed by atoms with Gasteiger partial charge in [-0.25, -0.2) is 0 Å². The largest absolute Gasteiger partial charge is 0.481 e. The molecule has 106 valence electrons. The monoisotopic (exact) mass is 273 g/mol. The van der Waals surface area contributed by atoms with Gasteiger partial charge in [-0.1, -0.05) is 18.2 Å². The van der Waals surface area contributed by atoms with E-state index in [1.54, 1.807) is 19.9 Å². The van der Waals surface area contributed by atoms with Gasteiger partial charge >= 0.3 is 5.97 Å². The Balaban J connectivity index is 2.07. The van der Waals surface area contributed by atoms with Gasteiger partial charge in [-0.15, -0.1) is 0 Å². The van der Waals surface area contributed by atoms with Crippen molar-refractivity contribution in [2.45, 2.75) is 26.7 Å². The summed E-state index contributed by atoms with van der Waals surface area (Å²) in [6, 6.07) is 5.60. The second kappa shape index (κ2) is 5.49. The molecule has 0 aliphatic heterocycles. The van der Waals surface area contributed by atoms with Crippen molar-refractivity contribution in [1.29, 1.82) is 0 Å². The molecule has 0 aromatic heterocycles. The maximum atomic E-state index is 12.1. The second-order valence-corrected chi connectivity index (χ2v) is 5.73. The SMILES string of the molecule is CC(C)(CNC(=O)c1ccc2c(c1)CCC=C2)C(=O)O. The summed E-state index contributed by atoms with van der Waals surface area (Å²) in [7, 11) is 0. The summed E-state index contributed by atoms with van der Waals surface area (Å²) in [4.78, 5) is 23.1. The van der Waals surface area contributed by atoms with Gasteiger partial charge in [0.2, 0.25) is 0 Å². The van der Waals surface area contributed by atoms with E-state index in [0.717, 1.165) is 24.0 Å². The number of allylic oxidation sites excluding steroid dienone is 1. The molecule has 0 bridgehead atoms. The number of benzene rings is 1. The summed E-state index contributed by atoms with van der Waals surface area (Å²) in [6.45, 7) is 3.29. The highest BCUT2D eigenvalue weighted by Gasteiger charge is 2.27. The summed E-state index contributed by atoms with van der Waals surface area (Å²) in [6.07, 6.45) is 6.11. The van der Waals surface area contributed by atoms with E-state index < -0.39 is 11.4 Å². The van der Waals surface area contributed by atoms with E-state index >= 15 is 0 Å². The van der Waals surface area contributed by atoms with Crippen LogP contribution in [0.1, 0.15) is 41.8 Å². The molecule has 0 fully saturated rings. The Morgan fingerprint density at radius 1 is 1.35 bits per heavy atom. The lowest BCUT2D eigenvalue weighted by Crippen LogP contribution is -2.38. The third kappa shape index (κ3) is 3.07. The number of fused-ring (bicyclic) bond motifs is 1. The van der Waals surface area contributed by atoms with Crippen LogP contribution in [-0.4, -0.2) is 23.5 Å². The van der Waals surface area contributed by atoms with Crippen molar-refractivity contribution in [2.24, 2.45) is 5.41 Å². The Labute approximate surface area is 118 Å². The smallest absolute Gasteiger partial charge is 0.310 e. The van der Waals surface area contributed by atoms with Crippen LogP contribution < -0.4 is 5.32 Å². The molecule has 0 atom stereocenters. The fourth-order valence-corrected chi connectivity index (χ4v) is 2.05. The number of carboxylic acids is 1. The van der Waals surface area contributed by atoms with Crippen molar-refractivity contribution >= 4 is 18.0 Å². The number of carbonyl (C=O) groups excluding carboxylic acids is 1. The van der Waals surface area contributed by atoms with E-state index in [9.17, 15) is 9.59 Å². The molecule has 20 heavy (non-hydrogen) atoms. The molecular formula is C16H19NO3. The van der Waals surface area contributed by atoms with E-state index in [1.165, 1.54) is 0 Å². The van der Waals surface area contributed by atoms with Crippen molar-refractivity contribution in [3.63, 3.8) is 0 Å². The predicted octanol–water partition coefficient (Wildman–Crippen LogP) is 2.49. The van der Waals surface area contributed by atoms with Gasteiger partial charge in [-0.2, -0.15) is 0 Å². The first kappa shape index (κ1) is 14.3. The molecule has 0 spiro atoms. The maximum absolute atomic E-state index is 12.1. The summed E-state index contributed by atoms with van der Waals surface area (Å²) >= 11 is 0. The summed E-state index contributed by atoms with van der Waals surface area (Å²) in [5, 5.41) is 11.7. The lowest BCUT2D eigenvalue weighted by atomic mass is 9.93. The maximum Gasteiger partial charge on any atom is 0.310 e. The molecule has 0 saturated heterocycles. The van der Waals surface area contributed by atoms with Gasteiger partial charge in [0.05, 0.1) is 5.41 Å². The lowest BCUT2D eigenvalue weighted by molar-refractivity contribution is -0.146. The molecule has 0 radical (unpaired) electrons. The molecule has 0 saturated carbocycles. The Kier molecular flexibility index (Phi) is 3.93. The van der Waals surface area contributed by atoms with Crippen LogP contribution in [0.2, 0.25) is 0 Å². The zero-order valence-electron chi connectivity index (χ0n) is 11.8. The van der Waals surface area contributed by atoms with Crippen molar-refractivity contribution in [3.05, 3.63) is 41.0 Å². The summed E-state index contributed by atoms with van der Waals surface area (Å²) in [5.41, 5.74) is 1.93. The standard InChI is InChI=1S/C16H19NO3/c1-16(2,15(19)20)10-17-14(18)13-8-7-11-5-3-4-6-12(11)9-13/h3,5,7-9H,4,6,10H2,1-2H3,(H,17,18)(H,19,20). The summed E-state index contributed by atoms with van der Waals surface area (Å²) < 4.78 is 0. The number of aliphatic carboxylic acids is 1. The summed E-state index contributed by atoms with van der Waals surface area (Å²) in [5.74, 6) is -1.15. The first-order valence-electron chi connectivity index (χ1n) is 6.71.